The monoisotopic (exact) mass is 196 g/mol. The SMILES string of the molecule is C#CC(C)N(CCO)CC1CCCN1. The summed E-state index contributed by atoms with van der Waals surface area (Å²) in [6, 6.07) is 0.668. The second-order valence-corrected chi connectivity index (χ2v) is 3.85. The lowest BCUT2D eigenvalue weighted by molar-refractivity contribution is 0.169. The number of nitrogens with zero attached hydrogens (tertiary/aromatic N) is 1. The van der Waals surface area contributed by atoms with Gasteiger partial charge in [-0.25, -0.2) is 0 Å². The van der Waals surface area contributed by atoms with Gasteiger partial charge in [-0.2, -0.15) is 0 Å². The highest BCUT2D eigenvalue weighted by Gasteiger charge is 2.19. The van der Waals surface area contributed by atoms with Crippen molar-refractivity contribution in [1.82, 2.24) is 10.2 Å². The second-order valence-electron chi connectivity index (χ2n) is 3.85. The van der Waals surface area contributed by atoms with Gasteiger partial charge in [0.2, 0.25) is 0 Å². The number of hydrogen-bond donors (Lipinski definition) is 2. The van der Waals surface area contributed by atoms with E-state index in [0.29, 0.717) is 12.6 Å². The first-order chi connectivity index (χ1) is 6.77. The van der Waals surface area contributed by atoms with E-state index in [-0.39, 0.29) is 12.6 Å². The molecular weight excluding hydrogens is 176 g/mol. The van der Waals surface area contributed by atoms with E-state index in [4.69, 9.17) is 11.5 Å². The quantitative estimate of drug-likeness (QED) is 0.610. The molecule has 1 heterocycles. The summed E-state index contributed by atoms with van der Waals surface area (Å²) in [4.78, 5) is 2.16. The summed E-state index contributed by atoms with van der Waals surface area (Å²) in [5.74, 6) is 2.71. The van der Waals surface area contributed by atoms with Crippen LogP contribution in [-0.4, -0.2) is 48.3 Å². The molecule has 0 aromatic carbocycles. The molecule has 1 saturated heterocycles. The van der Waals surface area contributed by atoms with Crippen molar-refractivity contribution in [2.24, 2.45) is 0 Å². The number of terminal acetylenes is 1. The maximum atomic E-state index is 8.92. The molecule has 0 radical (unpaired) electrons. The van der Waals surface area contributed by atoms with Crippen LogP contribution in [0.25, 0.3) is 0 Å². The molecule has 3 heteroatoms. The normalized spacial score (nSPS) is 23.7. The van der Waals surface area contributed by atoms with Crippen LogP contribution in [0.5, 0.6) is 0 Å². The number of hydrogen-bond acceptors (Lipinski definition) is 3. The molecule has 1 fully saturated rings. The van der Waals surface area contributed by atoms with E-state index < -0.39 is 0 Å². The molecule has 2 N–H and O–H groups in total. The maximum Gasteiger partial charge on any atom is 0.0684 e. The molecular formula is C11H20N2O. The van der Waals surface area contributed by atoms with Crippen LogP contribution in [0.4, 0.5) is 0 Å². The molecule has 0 aromatic rings. The van der Waals surface area contributed by atoms with Gasteiger partial charge in [0.25, 0.3) is 0 Å². The largest absolute Gasteiger partial charge is 0.395 e. The molecule has 0 aromatic heterocycles. The Hall–Kier alpha value is -0.560. The van der Waals surface area contributed by atoms with Crippen LogP contribution in [-0.2, 0) is 0 Å². The Labute approximate surface area is 86.5 Å². The zero-order valence-electron chi connectivity index (χ0n) is 8.87. The summed E-state index contributed by atoms with van der Waals surface area (Å²) in [7, 11) is 0. The van der Waals surface area contributed by atoms with Crippen molar-refractivity contribution in [3.63, 3.8) is 0 Å². The Morgan fingerprint density at radius 3 is 3.00 bits per heavy atom. The van der Waals surface area contributed by atoms with E-state index in [9.17, 15) is 0 Å². The van der Waals surface area contributed by atoms with Gasteiger partial charge in [-0.15, -0.1) is 6.42 Å². The van der Waals surface area contributed by atoms with Crippen molar-refractivity contribution in [2.45, 2.75) is 31.8 Å². The molecule has 0 amide bonds. The van der Waals surface area contributed by atoms with E-state index in [2.05, 4.69) is 16.1 Å². The van der Waals surface area contributed by atoms with Crippen LogP contribution in [0.1, 0.15) is 19.8 Å². The van der Waals surface area contributed by atoms with Gasteiger partial charge in [0.1, 0.15) is 0 Å². The topological polar surface area (TPSA) is 35.5 Å². The van der Waals surface area contributed by atoms with Crippen molar-refractivity contribution in [3.05, 3.63) is 0 Å². The van der Waals surface area contributed by atoms with Gasteiger partial charge in [0.05, 0.1) is 12.6 Å². The van der Waals surface area contributed by atoms with Crippen molar-refractivity contribution < 1.29 is 5.11 Å². The molecule has 1 aliphatic heterocycles. The Bertz CT molecular complexity index is 194. The Kier molecular flexibility index (Phi) is 4.95. The van der Waals surface area contributed by atoms with Crippen molar-refractivity contribution in [1.29, 1.82) is 0 Å². The van der Waals surface area contributed by atoms with Gasteiger partial charge in [-0.05, 0) is 26.3 Å². The maximum absolute atomic E-state index is 8.92. The minimum absolute atomic E-state index is 0.115. The van der Waals surface area contributed by atoms with Crippen molar-refractivity contribution in [2.75, 3.05) is 26.2 Å². The lowest BCUT2D eigenvalue weighted by atomic mass is 10.2. The standard InChI is InChI=1S/C11H20N2O/c1-3-10(2)13(7-8-14)9-11-5-4-6-12-11/h1,10-12,14H,4-9H2,2H3. The van der Waals surface area contributed by atoms with Crippen LogP contribution in [0, 0.1) is 12.3 Å². The molecule has 0 aliphatic carbocycles. The fourth-order valence-corrected chi connectivity index (χ4v) is 1.87. The molecule has 14 heavy (non-hydrogen) atoms. The third kappa shape index (κ3) is 3.30. The zero-order valence-corrected chi connectivity index (χ0v) is 8.87. The molecule has 2 unspecified atom stereocenters. The first-order valence-corrected chi connectivity index (χ1v) is 5.32. The molecule has 2 atom stereocenters. The molecule has 0 spiro atoms. The lowest BCUT2D eigenvalue weighted by Crippen LogP contribution is -2.43. The zero-order chi connectivity index (χ0) is 10.4. The second kappa shape index (κ2) is 6.02. The highest BCUT2D eigenvalue weighted by atomic mass is 16.3. The van der Waals surface area contributed by atoms with E-state index in [0.717, 1.165) is 13.1 Å². The summed E-state index contributed by atoms with van der Waals surface area (Å²) in [6.45, 7) is 4.92. The highest BCUT2D eigenvalue weighted by molar-refractivity contribution is 4.98. The van der Waals surface area contributed by atoms with Crippen LogP contribution in [0.15, 0.2) is 0 Å². The minimum Gasteiger partial charge on any atom is -0.395 e. The molecule has 1 aliphatic rings. The predicted molar refractivity (Wildman–Crippen MR) is 58.0 cm³/mol. The van der Waals surface area contributed by atoms with Crippen LogP contribution in [0.3, 0.4) is 0 Å². The van der Waals surface area contributed by atoms with Crippen LogP contribution in [0.2, 0.25) is 0 Å². The highest BCUT2D eigenvalue weighted by Crippen LogP contribution is 2.08. The first kappa shape index (κ1) is 11.5. The van der Waals surface area contributed by atoms with Gasteiger partial charge >= 0.3 is 0 Å². The summed E-state index contributed by atoms with van der Waals surface area (Å²) in [6.07, 6.45) is 7.86. The van der Waals surface area contributed by atoms with Crippen molar-refractivity contribution >= 4 is 0 Å². The first-order valence-electron chi connectivity index (χ1n) is 5.32. The van der Waals surface area contributed by atoms with Gasteiger partial charge in [-0.1, -0.05) is 5.92 Å². The number of rotatable bonds is 5. The molecule has 1 rings (SSSR count). The fraction of sp³-hybridized carbons (Fsp3) is 0.818. The average Bonchev–Trinajstić information content (AvgIpc) is 2.68. The summed E-state index contributed by atoms with van der Waals surface area (Å²) in [5, 5.41) is 12.4. The number of aliphatic hydroxyl groups excluding tert-OH is 1. The van der Waals surface area contributed by atoms with Crippen molar-refractivity contribution in [3.8, 4) is 12.3 Å². The molecule has 3 nitrogen and oxygen atoms in total. The Morgan fingerprint density at radius 2 is 2.50 bits per heavy atom. The number of aliphatic hydroxyl groups is 1. The molecule has 0 bridgehead atoms. The van der Waals surface area contributed by atoms with Crippen LogP contribution < -0.4 is 5.32 Å². The van der Waals surface area contributed by atoms with Crippen LogP contribution >= 0.6 is 0 Å². The molecule has 80 valence electrons. The fourth-order valence-electron chi connectivity index (χ4n) is 1.87. The smallest absolute Gasteiger partial charge is 0.0684 e. The van der Waals surface area contributed by atoms with E-state index >= 15 is 0 Å². The Morgan fingerprint density at radius 1 is 1.71 bits per heavy atom. The van der Waals surface area contributed by atoms with E-state index in [1.165, 1.54) is 12.8 Å². The van der Waals surface area contributed by atoms with E-state index in [1.54, 1.807) is 0 Å². The van der Waals surface area contributed by atoms with Gasteiger partial charge < -0.3 is 10.4 Å². The Balaban J connectivity index is 2.37. The molecule has 0 saturated carbocycles. The number of nitrogens with one attached hydrogen (secondary N) is 1. The van der Waals surface area contributed by atoms with Gasteiger partial charge in [-0.3, -0.25) is 4.90 Å². The average molecular weight is 196 g/mol. The lowest BCUT2D eigenvalue weighted by Gasteiger charge is -2.27. The summed E-state index contributed by atoms with van der Waals surface area (Å²) < 4.78 is 0. The predicted octanol–water partition coefficient (Wildman–Crippen LogP) is 0.0544. The minimum atomic E-state index is 0.115. The summed E-state index contributed by atoms with van der Waals surface area (Å²) in [5.41, 5.74) is 0. The van der Waals surface area contributed by atoms with E-state index in [1.807, 2.05) is 6.92 Å². The van der Waals surface area contributed by atoms with Gasteiger partial charge in [0, 0.05) is 19.1 Å². The third-order valence-electron chi connectivity index (χ3n) is 2.79. The third-order valence-corrected chi connectivity index (χ3v) is 2.79. The van der Waals surface area contributed by atoms with Gasteiger partial charge in [0.15, 0.2) is 0 Å². The summed E-state index contributed by atoms with van der Waals surface area (Å²) >= 11 is 0.